The Balaban J connectivity index is 2.82. The highest BCUT2D eigenvalue weighted by molar-refractivity contribution is 5.66. The summed E-state index contributed by atoms with van der Waals surface area (Å²) in [5.74, 6) is -1.36. The smallest absolute Gasteiger partial charge is 0.303 e. The highest BCUT2D eigenvalue weighted by Crippen LogP contribution is 2.27. The number of hydrogen-bond donors (Lipinski definition) is 2. The molecule has 0 spiro atoms. The second kappa shape index (κ2) is 25.6. The van der Waals surface area contributed by atoms with E-state index in [-0.39, 0.29) is 0 Å². The second-order valence-corrected chi connectivity index (χ2v) is 12.0. The van der Waals surface area contributed by atoms with Crippen LogP contribution in [-0.2, 0) is 28.9 Å². The van der Waals surface area contributed by atoms with Crippen LogP contribution in [0.25, 0.3) is 6.08 Å². The first-order valence-corrected chi connectivity index (χ1v) is 17.2. The van der Waals surface area contributed by atoms with Crippen molar-refractivity contribution in [3.05, 3.63) is 40.5 Å². The van der Waals surface area contributed by atoms with E-state index in [2.05, 4.69) is 38.1 Å². The standard InChI is InChI=1S/C37H62O4/c1-3-5-7-13-20-26-34-32(24-18-6-4-2)30-31-33(25-19-14-9-8-10-16-22-28-36(38)39)35(34)27-21-15-11-12-17-23-29-37(40)41/h20,26,30-31H,3-19,21-25,27-29H2,1-2H3,(H,38,39)(H,40,41). The number of carboxylic acid groups (broad SMARTS) is 2. The fourth-order valence-electron chi connectivity index (χ4n) is 5.75. The number of carbonyl (C=O) groups is 2. The molecule has 0 saturated carbocycles. The molecule has 0 radical (unpaired) electrons. The molecule has 0 aliphatic rings. The number of unbranched alkanes of at least 4 members (excludes halogenated alkanes) is 16. The van der Waals surface area contributed by atoms with Gasteiger partial charge < -0.3 is 10.2 Å². The molecule has 0 saturated heterocycles. The molecule has 0 aliphatic heterocycles. The Morgan fingerprint density at radius 2 is 1.00 bits per heavy atom. The maximum absolute atomic E-state index is 10.8. The minimum atomic E-state index is -0.678. The number of allylic oxidation sites excluding steroid dienone is 1. The molecule has 41 heavy (non-hydrogen) atoms. The summed E-state index contributed by atoms with van der Waals surface area (Å²) in [6.07, 6.45) is 32.2. The Kier molecular flexibility index (Phi) is 23.1. The molecule has 0 bridgehead atoms. The SMILES string of the molecule is CCCCCC=Cc1c(CCCCC)ccc(CCCCCCCCCC(=O)O)c1CCCCCCCCC(=O)O. The quantitative estimate of drug-likeness (QED) is 0.0982. The number of aliphatic carboxylic acids is 2. The Labute approximate surface area is 252 Å². The summed E-state index contributed by atoms with van der Waals surface area (Å²) >= 11 is 0. The van der Waals surface area contributed by atoms with Crippen LogP contribution < -0.4 is 0 Å². The molecule has 0 aromatic heterocycles. The number of rotatable bonds is 28. The third-order valence-electron chi connectivity index (χ3n) is 8.26. The molecule has 2 N–H and O–H groups in total. The van der Waals surface area contributed by atoms with Gasteiger partial charge in [-0.15, -0.1) is 0 Å². The molecule has 1 aromatic rings. The predicted molar refractivity (Wildman–Crippen MR) is 175 cm³/mol. The minimum absolute atomic E-state index is 0.298. The zero-order chi connectivity index (χ0) is 30.0. The first-order chi connectivity index (χ1) is 20.0. The lowest BCUT2D eigenvalue weighted by Crippen LogP contribution is -2.03. The summed E-state index contributed by atoms with van der Waals surface area (Å²) in [7, 11) is 0. The third-order valence-corrected chi connectivity index (χ3v) is 8.26. The monoisotopic (exact) mass is 570 g/mol. The van der Waals surface area contributed by atoms with E-state index in [0.29, 0.717) is 12.8 Å². The third kappa shape index (κ3) is 19.6. The number of carboxylic acids is 2. The van der Waals surface area contributed by atoms with Gasteiger partial charge in [0.25, 0.3) is 0 Å². The maximum Gasteiger partial charge on any atom is 0.303 e. The van der Waals surface area contributed by atoms with E-state index < -0.39 is 11.9 Å². The first-order valence-electron chi connectivity index (χ1n) is 17.2. The number of aryl methyl sites for hydroxylation is 2. The van der Waals surface area contributed by atoms with Crippen LogP contribution in [-0.4, -0.2) is 22.2 Å². The molecular weight excluding hydrogens is 508 g/mol. The van der Waals surface area contributed by atoms with Gasteiger partial charge in [-0.05, 0) is 86.5 Å². The summed E-state index contributed by atoms with van der Waals surface area (Å²) in [6, 6.07) is 4.86. The molecule has 0 aliphatic carbocycles. The zero-order valence-corrected chi connectivity index (χ0v) is 26.7. The highest BCUT2D eigenvalue weighted by atomic mass is 16.4. The van der Waals surface area contributed by atoms with Gasteiger partial charge in [-0.2, -0.15) is 0 Å². The minimum Gasteiger partial charge on any atom is -0.481 e. The van der Waals surface area contributed by atoms with Crippen LogP contribution in [0, 0.1) is 0 Å². The molecule has 1 aromatic carbocycles. The van der Waals surface area contributed by atoms with Crippen LogP contribution in [0.4, 0.5) is 0 Å². The molecule has 0 fully saturated rings. The number of hydrogen-bond acceptors (Lipinski definition) is 2. The van der Waals surface area contributed by atoms with Gasteiger partial charge >= 0.3 is 11.9 Å². The Hall–Kier alpha value is -2.10. The van der Waals surface area contributed by atoms with Crippen LogP contribution in [0.3, 0.4) is 0 Å². The van der Waals surface area contributed by atoms with Gasteiger partial charge in [0, 0.05) is 12.8 Å². The summed E-state index contributed by atoms with van der Waals surface area (Å²) in [5, 5.41) is 17.7. The van der Waals surface area contributed by atoms with Gasteiger partial charge in [-0.3, -0.25) is 9.59 Å². The van der Waals surface area contributed by atoms with Crippen molar-refractivity contribution in [1.82, 2.24) is 0 Å². The van der Waals surface area contributed by atoms with Crippen molar-refractivity contribution < 1.29 is 19.8 Å². The highest BCUT2D eigenvalue weighted by Gasteiger charge is 2.12. The summed E-state index contributed by atoms with van der Waals surface area (Å²) in [4.78, 5) is 21.4. The summed E-state index contributed by atoms with van der Waals surface area (Å²) in [5.41, 5.74) is 6.17. The van der Waals surface area contributed by atoms with Gasteiger partial charge in [0.15, 0.2) is 0 Å². The average Bonchev–Trinajstić information content (AvgIpc) is 2.94. The number of benzene rings is 1. The van der Waals surface area contributed by atoms with E-state index in [1.54, 1.807) is 11.1 Å². The van der Waals surface area contributed by atoms with Crippen molar-refractivity contribution in [2.75, 3.05) is 0 Å². The van der Waals surface area contributed by atoms with Gasteiger partial charge in [-0.25, -0.2) is 0 Å². The van der Waals surface area contributed by atoms with Crippen LogP contribution in [0.15, 0.2) is 18.2 Å². The molecule has 0 heterocycles. The van der Waals surface area contributed by atoms with Crippen molar-refractivity contribution in [3.8, 4) is 0 Å². The van der Waals surface area contributed by atoms with Crippen molar-refractivity contribution in [2.45, 2.75) is 174 Å². The molecule has 234 valence electrons. The lowest BCUT2D eigenvalue weighted by molar-refractivity contribution is -0.138. The fraction of sp³-hybridized carbons (Fsp3) is 0.730. The summed E-state index contributed by atoms with van der Waals surface area (Å²) < 4.78 is 0. The lowest BCUT2D eigenvalue weighted by atomic mass is 9.87. The van der Waals surface area contributed by atoms with E-state index in [9.17, 15) is 9.59 Å². The molecular formula is C37H62O4. The van der Waals surface area contributed by atoms with Gasteiger partial charge in [0.2, 0.25) is 0 Å². The molecule has 4 nitrogen and oxygen atoms in total. The molecule has 1 rings (SSSR count). The lowest BCUT2D eigenvalue weighted by Gasteiger charge is -2.18. The maximum atomic E-state index is 10.8. The van der Waals surface area contributed by atoms with Crippen LogP contribution >= 0.6 is 0 Å². The topological polar surface area (TPSA) is 74.6 Å². The van der Waals surface area contributed by atoms with Crippen LogP contribution in [0.2, 0.25) is 0 Å². The van der Waals surface area contributed by atoms with E-state index in [1.165, 1.54) is 101 Å². The Morgan fingerprint density at radius 1 is 0.561 bits per heavy atom. The fourth-order valence-corrected chi connectivity index (χ4v) is 5.75. The van der Waals surface area contributed by atoms with Crippen molar-refractivity contribution in [1.29, 1.82) is 0 Å². The van der Waals surface area contributed by atoms with Crippen molar-refractivity contribution in [2.24, 2.45) is 0 Å². The van der Waals surface area contributed by atoms with Crippen LogP contribution in [0.1, 0.15) is 177 Å². The molecule has 0 atom stereocenters. The predicted octanol–water partition coefficient (Wildman–Crippen LogP) is 11.1. The van der Waals surface area contributed by atoms with Crippen molar-refractivity contribution in [3.63, 3.8) is 0 Å². The molecule has 0 unspecified atom stereocenters. The van der Waals surface area contributed by atoms with Crippen molar-refractivity contribution >= 4 is 18.0 Å². The van der Waals surface area contributed by atoms with E-state index >= 15 is 0 Å². The van der Waals surface area contributed by atoms with Gasteiger partial charge in [-0.1, -0.05) is 122 Å². The van der Waals surface area contributed by atoms with E-state index in [0.717, 1.165) is 57.8 Å². The van der Waals surface area contributed by atoms with Gasteiger partial charge in [0.05, 0.1) is 0 Å². The average molecular weight is 571 g/mol. The normalized spacial score (nSPS) is 11.5. The van der Waals surface area contributed by atoms with Gasteiger partial charge in [0.1, 0.15) is 0 Å². The largest absolute Gasteiger partial charge is 0.481 e. The Morgan fingerprint density at radius 3 is 1.56 bits per heavy atom. The first kappa shape index (κ1) is 36.9. The summed E-state index contributed by atoms with van der Waals surface area (Å²) in [6.45, 7) is 4.55. The molecule has 0 amide bonds. The molecule has 4 heteroatoms. The second-order valence-electron chi connectivity index (χ2n) is 12.0. The van der Waals surface area contributed by atoms with Crippen LogP contribution in [0.5, 0.6) is 0 Å². The zero-order valence-electron chi connectivity index (χ0n) is 26.7. The Bertz CT molecular complexity index is 842. The van der Waals surface area contributed by atoms with E-state index in [1.807, 2.05) is 0 Å². The van der Waals surface area contributed by atoms with E-state index in [4.69, 9.17) is 10.2 Å².